The second-order valence-electron chi connectivity index (χ2n) is 7.48. The zero-order valence-electron chi connectivity index (χ0n) is 16.6. The van der Waals surface area contributed by atoms with Gasteiger partial charge in [-0.05, 0) is 44.2 Å². The minimum absolute atomic E-state index is 0.0652. The highest BCUT2D eigenvalue weighted by atomic mass is 32.2. The minimum atomic E-state index is -3.18. The van der Waals surface area contributed by atoms with Gasteiger partial charge in [-0.3, -0.25) is 4.99 Å². The highest BCUT2D eigenvalue weighted by Crippen LogP contribution is 2.20. The van der Waals surface area contributed by atoms with Crippen molar-refractivity contribution >= 4 is 16.0 Å². The molecule has 2 aliphatic heterocycles. The third-order valence-electron chi connectivity index (χ3n) is 5.22. The van der Waals surface area contributed by atoms with Crippen LogP contribution in [0.3, 0.4) is 0 Å². The maximum Gasteiger partial charge on any atom is 0.211 e. The van der Waals surface area contributed by atoms with E-state index in [1.165, 1.54) is 12.7 Å². The molecule has 28 heavy (non-hydrogen) atoms. The summed E-state index contributed by atoms with van der Waals surface area (Å²) in [4.78, 5) is 4.67. The molecule has 0 radical (unpaired) electrons. The lowest BCUT2D eigenvalue weighted by Crippen LogP contribution is -2.44. The summed E-state index contributed by atoms with van der Waals surface area (Å²) in [6.07, 6.45) is 9.01. The molecule has 1 aromatic rings. The molecule has 1 unspecified atom stereocenters. The van der Waals surface area contributed by atoms with Crippen molar-refractivity contribution in [3.63, 3.8) is 0 Å². The molecule has 9 heteroatoms. The zero-order chi connectivity index (χ0) is 19.8. The Morgan fingerprint density at radius 2 is 2.18 bits per heavy atom. The molecule has 2 saturated heterocycles. The number of rotatable bonds is 8. The van der Waals surface area contributed by atoms with Gasteiger partial charge in [0.1, 0.15) is 5.76 Å². The van der Waals surface area contributed by atoms with Gasteiger partial charge in [0.15, 0.2) is 5.96 Å². The number of sulfonamides is 1. The minimum Gasteiger partial charge on any atom is -0.469 e. The first kappa shape index (κ1) is 21.1. The Kier molecular flexibility index (Phi) is 7.75. The predicted octanol–water partition coefficient (Wildman–Crippen LogP) is 1.35. The molecular formula is C19H32N4O4S. The maximum absolute atomic E-state index is 11.9. The summed E-state index contributed by atoms with van der Waals surface area (Å²) >= 11 is 0. The fourth-order valence-corrected chi connectivity index (χ4v) is 4.91. The standard InChI is InChI=1S/C19H32N4O4S/c1-28(24,25)23-11-4-6-16(23)14-21-19(20-10-9-17-8-5-13-26-17)22-15-18-7-2-3-12-27-18/h5,8,13,16,18H,2-4,6-7,9-12,14-15H2,1H3,(H2,20,21,22)/t16-,18?/m1/s1. The highest BCUT2D eigenvalue weighted by Gasteiger charge is 2.31. The third-order valence-corrected chi connectivity index (χ3v) is 6.56. The lowest BCUT2D eigenvalue weighted by molar-refractivity contribution is 0.0194. The first-order valence-electron chi connectivity index (χ1n) is 10.2. The first-order chi connectivity index (χ1) is 13.5. The maximum atomic E-state index is 11.9. The molecule has 1 aromatic heterocycles. The largest absolute Gasteiger partial charge is 0.469 e. The average Bonchev–Trinajstić information content (AvgIpc) is 3.35. The number of ether oxygens (including phenoxy) is 1. The Balaban J connectivity index is 1.55. The van der Waals surface area contributed by atoms with E-state index in [9.17, 15) is 8.42 Å². The van der Waals surface area contributed by atoms with E-state index in [0.29, 0.717) is 32.1 Å². The van der Waals surface area contributed by atoms with Crippen LogP contribution in [0.4, 0.5) is 0 Å². The van der Waals surface area contributed by atoms with Crippen LogP contribution in [0.15, 0.2) is 27.8 Å². The molecule has 2 atom stereocenters. The molecule has 3 heterocycles. The molecule has 8 nitrogen and oxygen atoms in total. The summed E-state index contributed by atoms with van der Waals surface area (Å²) in [5.41, 5.74) is 0. The summed E-state index contributed by atoms with van der Waals surface area (Å²) in [6, 6.07) is 3.76. The van der Waals surface area contributed by atoms with Crippen molar-refractivity contribution in [1.82, 2.24) is 14.9 Å². The smallest absolute Gasteiger partial charge is 0.211 e. The van der Waals surface area contributed by atoms with Gasteiger partial charge in [0, 0.05) is 38.7 Å². The quantitative estimate of drug-likeness (QED) is 0.494. The van der Waals surface area contributed by atoms with Gasteiger partial charge >= 0.3 is 0 Å². The Morgan fingerprint density at radius 1 is 1.29 bits per heavy atom. The van der Waals surface area contributed by atoms with Crippen molar-refractivity contribution in [3.8, 4) is 0 Å². The van der Waals surface area contributed by atoms with Gasteiger partial charge in [-0.15, -0.1) is 0 Å². The molecule has 0 bridgehead atoms. The van der Waals surface area contributed by atoms with E-state index in [4.69, 9.17) is 9.15 Å². The van der Waals surface area contributed by atoms with Crippen molar-refractivity contribution in [2.24, 2.45) is 4.99 Å². The molecule has 0 saturated carbocycles. The Labute approximate surface area is 167 Å². The van der Waals surface area contributed by atoms with Gasteiger partial charge in [0.2, 0.25) is 10.0 Å². The van der Waals surface area contributed by atoms with E-state index in [2.05, 4.69) is 15.6 Å². The molecule has 3 rings (SSSR count). The second-order valence-corrected chi connectivity index (χ2v) is 9.42. The average molecular weight is 413 g/mol. The second kappa shape index (κ2) is 10.3. The van der Waals surface area contributed by atoms with Crippen molar-refractivity contribution in [2.75, 3.05) is 39.0 Å². The van der Waals surface area contributed by atoms with Crippen LogP contribution in [0, 0.1) is 0 Å². The van der Waals surface area contributed by atoms with Crippen molar-refractivity contribution in [2.45, 2.75) is 50.7 Å². The number of guanidine groups is 1. The lowest BCUT2D eigenvalue weighted by Gasteiger charge is -2.24. The van der Waals surface area contributed by atoms with Crippen LogP contribution in [-0.4, -0.2) is 69.9 Å². The van der Waals surface area contributed by atoms with Crippen molar-refractivity contribution in [3.05, 3.63) is 24.2 Å². The van der Waals surface area contributed by atoms with Crippen molar-refractivity contribution in [1.29, 1.82) is 0 Å². The predicted molar refractivity (Wildman–Crippen MR) is 109 cm³/mol. The Hall–Kier alpha value is -1.58. The van der Waals surface area contributed by atoms with Crippen LogP contribution >= 0.6 is 0 Å². The molecule has 0 aromatic carbocycles. The molecular weight excluding hydrogens is 380 g/mol. The molecule has 0 amide bonds. The van der Waals surface area contributed by atoms with E-state index in [1.54, 1.807) is 10.6 Å². The summed E-state index contributed by atoms with van der Waals surface area (Å²) in [5.74, 6) is 1.61. The Morgan fingerprint density at radius 3 is 2.89 bits per heavy atom. The fourth-order valence-electron chi connectivity index (χ4n) is 3.74. The monoisotopic (exact) mass is 412 g/mol. The third kappa shape index (κ3) is 6.49. The summed E-state index contributed by atoms with van der Waals surface area (Å²) < 4.78 is 36.6. The van der Waals surface area contributed by atoms with Gasteiger partial charge in [-0.1, -0.05) is 0 Å². The van der Waals surface area contributed by atoms with Gasteiger partial charge < -0.3 is 19.8 Å². The topological polar surface area (TPSA) is 96.2 Å². The fraction of sp³-hybridized carbons (Fsp3) is 0.737. The van der Waals surface area contributed by atoms with Crippen LogP contribution in [0.2, 0.25) is 0 Å². The van der Waals surface area contributed by atoms with Gasteiger partial charge in [-0.2, -0.15) is 4.31 Å². The molecule has 2 fully saturated rings. The highest BCUT2D eigenvalue weighted by molar-refractivity contribution is 7.88. The number of aliphatic imine (C=N–C) groups is 1. The molecule has 158 valence electrons. The van der Waals surface area contributed by atoms with Crippen molar-refractivity contribution < 1.29 is 17.6 Å². The van der Waals surface area contributed by atoms with E-state index < -0.39 is 10.0 Å². The van der Waals surface area contributed by atoms with Gasteiger partial charge in [0.05, 0.1) is 25.2 Å². The van der Waals surface area contributed by atoms with Crippen LogP contribution in [-0.2, 0) is 21.2 Å². The number of furan rings is 1. The Bertz CT molecular complexity index is 714. The van der Waals surface area contributed by atoms with Gasteiger partial charge in [0.25, 0.3) is 0 Å². The van der Waals surface area contributed by atoms with E-state index >= 15 is 0 Å². The van der Waals surface area contributed by atoms with Gasteiger partial charge in [-0.25, -0.2) is 8.42 Å². The number of hydrogen-bond acceptors (Lipinski definition) is 5. The molecule has 2 N–H and O–H groups in total. The molecule has 0 aliphatic carbocycles. The summed E-state index contributed by atoms with van der Waals surface area (Å²) in [6.45, 7) is 3.24. The first-order valence-corrected chi connectivity index (χ1v) is 12.0. The van der Waals surface area contributed by atoms with Crippen LogP contribution in [0.25, 0.3) is 0 Å². The van der Waals surface area contributed by atoms with Crippen LogP contribution in [0.1, 0.15) is 37.9 Å². The van der Waals surface area contributed by atoms with Crippen LogP contribution < -0.4 is 10.6 Å². The normalized spacial score (nSPS) is 24.4. The summed E-state index contributed by atoms with van der Waals surface area (Å²) in [5, 5.41) is 6.69. The zero-order valence-corrected chi connectivity index (χ0v) is 17.4. The van der Waals surface area contributed by atoms with E-state index in [1.807, 2.05) is 12.1 Å². The summed E-state index contributed by atoms with van der Waals surface area (Å²) in [7, 11) is -3.18. The lowest BCUT2D eigenvalue weighted by atomic mass is 10.1. The van der Waals surface area contributed by atoms with E-state index in [-0.39, 0.29) is 12.1 Å². The SMILES string of the molecule is CS(=O)(=O)N1CCC[C@@H]1CN=C(NCCc1ccco1)NCC1CCCCO1. The van der Waals surface area contributed by atoms with E-state index in [0.717, 1.165) is 44.5 Å². The molecule has 2 aliphatic rings. The number of nitrogens with one attached hydrogen (secondary N) is 2. The number of nitrogens with zero attached hydrogens (tertiary/aromatic N) is 2. The number of hydrogen-bond donors (Lipinski definition) is 2. The van der Waals surface area contributed by atoms with Crippen LogP contribution in [0.5, 0.6) is 0 Å². The molecule has 0 spiro atoms.